The number of aromatic nitrogens is 3. The van der Waals surface area contributed by atoms with Gasteiger partial charge in [-0.2, -0.15) is 5.10 Å². The molecule has 1 atom stereocenters. The van der Waals surface area contributed by atoms with E-state index in [0.717, 1.165) is 21.9 Å². The van der Waals surface area contributed by atoms with Crippen molar-refractivity contribution in [2.24, 2.45) is 7.05 Å². The fraction of sp³-hybridized carbons (Fsp3) is 0.292. The number of nitrogens with zero attached hydrogens (tertiary/aromatic N) is 3. The van der Waals surface area contributed by atoms with Gasteiger partial charge in [0.1, 0.15) is 11.6 Å². The monoisotopic (exact) mass is 434 g/mol. The zero-order valence-corrected chi connectivity index (χ0v) is 18.6. The Kier molecular flexibility index (Phi) is 5.85. The molecule has 4 aromatic rings. The van der Waals surface area contributed by atoms with Crippen LogP contribution in [0.4, 0.5) is 0 Å². The van der Waals surface area contributed by atoms with Gasteiger partial charge in [0.25, 0.3) is 5.56 Å². The van der Waals surface area contributed by atoms with E-state index < -0.39 is 6.04 Å². The van der Waals surface area contributed by atoms with E-state index in [4.69, 9.17) is 9.47 Å². The molecule has 0 radical (unpaired) electrons. The summed E-state index contributed by atoms with van der Waals surface area (Å²) in [5.41, 5.74) is 1.87. The molecule has 0 aliphatic heterocycles. The summed E-state index contributed by atoms with van der Waals surface area (Å²) in [6.45, 7) is 2.20. The van der Waals surface area contributed by atoms with E-state index in [2.05, 4.69) is 10.4 Å². The summed E-state index contributed by atoms with van der Waals surface area (Å²) in [5.74, 6) is 1.00. The molecular formula is C24H26N4O4. The number of ether oxygens (including phenoxy) is 2. The Morgan fingerprint density at radius 2 is 1.88 bits per heavy atom. The smallest absolute Gasteiger partial charge is 0.291 e. The third-order valence-electron chi connectivity index (χ3n) is 5.74. The van der Waals surface area contributed by atoms with Crippen LogP contribution in [-0.4, -0.2) is 34.5 Å². The van der Waals surface area contributed by atoms with Gasteiger partial charge < -0.3 is 19.4 Å². The maximum atomic E-state index is 13.4. The van der Waals surface area contributed by atoms with Crippen LogP contribution in [-0.2, 0) is 18.4 Å². The Labute approximate surface area is 185 Å². The van der Waals surface area contributed by atoms with Crippen LogP contribution in [0.3, 0.4) is 0 Å². The second-order valence-corrected chi connectivity index (χ2v) is 7.52. The van der Waals surface area contributed by atoms with E-state index in [9.17, 15) is 9.59 Å². The molecule has 2 heterocycles. The average Bonchev–Trinajstić information content (AvgIpc) is 3.15. The summed E-state index contributed by atoms with van der Waals surface area (Å²) in [4.78, 5) is 26.4. The van der Waals surface area contributed by atoms with Crippen LogP contribution in [0.5, 0.6) is 11.5 Å². The fourth-order valence-corrected chi connectivity index (χ4v) is 4.19. The first-order chi connectivity index (χ1) is 15.5. The van der Waals surface area contributed by atoms with Gasteiger partial charge in [-0.05, 0) is 18.6 Å². The molecule has 0 spiro atoms. The largest absolute Gasteiger partial charge is 0.493 e. The van der Waals surface area contributed by atoms with E-state index in [1.54, 1.807) is 33.5 Å². The molecule has 1 N–H and O–H groups in total. The lowest BCUT2D eigenvalue weighted by Gasteiger charge is -2.20. The molecule has 0 unspecified atom stereocenters. The Bertz CT molecular complexity index is 1360. The SMILES string of the molecule is CC[C@H](C(=O)NCc1cccc(OC)c1OC)n1c2ccccc2c2cnn(C)c(=O)c21. The van der Waals surface area contributed by atoms with Crippen LogP contribution in [0.15, 0.2) is 53.5 Å². The first kappa shape index (κ1) is 21.4. The highest BCUT2D eigenvalue weighted by Gasteiger charge is 2.25. The van der Waals surface area contributed by atoms with Crippen LogP contribution < -0.4 is 20.3 Å². The van der Waals surface area contributed by atoms with Crippen molar-refractivity contribution in [1.82, 2.24) is 19.7 Å². The summed E-state index contributed by atoms with van der Waals surface area (Å²) in [6.07, 6.45) is 2.20. The number of methoxy groups -OCH3 is 2. The maximum Gasteiger partial charge on any atom is 0.291 e. The van der Waals surface area contributed by atoms with Crippen LogP contribution in [0.1, 0.15) is 24.9 Å². The van der Waals surface area contributed by atoms with Crippen LogP contribution in [0, 0.1) is 0 Å². The molecular weight excluding hydrogens is 408 g/mol. The molecule has 2 aromatic carbocycles. The first-order valence-electron chi connectivity index (χ1n) is 10.4. The van der Waals surface area contributed by atoms with Gasteiger partial charge in [-0.1, -0.05) is 37.3 Å². The van der Waals surface area contributed by atoms with Crippen molar-refractivity contribution < 1.29 is 14.3 Å². The van der Waals surface area contributed by atoms with Crippen LogP contribution >= 0.6 is 0 Å². The van der Waals surface area contributed by atoms with E-state index in [1.807, 2.05) is 47.9 Å². The molecule has 32 heavy (non-hydrogen) atoms. The molecule has 0 saturated carbocycles. The van der Waals surface area contributed by atoms with Gasteiger partial charge in [0, 0.05) is 29.9 Å². The fourth-order valence-electron chi connectivity index (χ4n) is 4.19. The molecule has 0 aliphatic rings. The predicted octanol–water partition coefficient (Wildman–Crippen LogP) is 3.17. The molecule has 0 bridgehead atoms. The van der Waals surface area contributed by atoms with Crippen molar-refractivity contribution in [3.63, 3.8) is 0 Å². The lowest BCUT2D eigenvalue weighted by molar-refractivity contribution is -0.124. The molecule has 166 valence electrons. The van der Waals surface area contributed by atoms with Gasteiger partial charge in [0.15, 0.2) is 11.5 Å². The maximum absolute atomic E-state index is 13.4. The van der Waals surface area contributed by atoms with Crippen LogP contribution in [0.25, 0.3) is 21.8 Å². The number of para-hydroxylation sites is 2. The number of carbonyl (C=O) groups excluding carboxylic acids is 1. The van der Waals surface area contributed by atoms with Gasteiger partial charge in [-0.25, -0.2) is 4.68 Å². The number of amides is 1. The number of nitrogens with one attached hydrogen (secondary N) is 1. The number of aryl methyl sites for hydroxylation is 1. The molecule has 0 fully saturated rings. The molecule has 2 aromatic heterocycles. The van der Waals surface area contributed by atoms with Gasteiger partial charge in [-0.15, -0.1) is 0 Å². The third kappa shape index (κ3) is 3.47. The highest BCUT2D eigenvalue weighted by atomic mass is 16.5. The normalized spacial score (nSPS) is 12.1. The van der Waals surface area contributed by atoms with E-state index >= 15 is 0 Å². The van der Waals surface area contributed by atoms with Crippen molar-refractivity contribution in [1.29, 1.82) is 0 Å². The van der Waals surface area contributed by atoms with E-state index in [0.29, 0.717) is 23.4 Å². The number of rotatable bonds is 7. The van der Waals surface area contributed by atoms with Crippen LogP contribution in [0.2, 0.25) is 0 Å². The van der Waals surface area contributed by atoms with Gasteiger partial charge in [0.2, 0.25) is 5.91 Å². The summed E-state index contributed by atoms with van der Waals surface area (Å²) in [7, 11) is 4.75. The van der Waals surface area contributed by atoms with Gasteiger partial charge >= 0.3 is 0 Å². The van der Waals surface area contributed by atoms with Crippen molar-refractivity contribution in [3.8, 4) is 11.5 Å². The number of benzene rings is 2. The molecule has 4 rings (SSSR count). The lowest BCUT2D eigenvalue weighted by Crippen LogP contribution is -2.33. The summed E-state index contributed by atoms with van der Waals surface area (Å²) in [5, 5.41) is 8.82. The summed E-state index contributed by atoms with van der Waals surface area (Å²) >= 11 is 0. The minimum Gasteiger partial charge on any atom is -0.493 e. The molecule has 8 nitrogen and oxygen atoms in total. The minimum absolute atomic E-state index is 0.182. The molecule has 1 amide bonds. The summed E-state index contributed by atoms with van der Waals surface area (Å²) < 4.78 is 14.0. The first-order valence-corrected chi connectivity index (χ1v) is 10.4. The Morgan fingerprint density at radius 1 is 1.09 bits per heavy atom. The standard InChI is InChI=1S/C24H26N4O4/c1-5-18(23(29)25-13-15-9-8-12-20(31-3)22(15)32-4)28-19-11-7-6-10-16(19)17-14-26-27(2)24(30)21(17)28/h6-12,14,18H,5,13H2,1-4H3,(H,25,29)/t18-/m1/s1. The highest BCUT2D eigenvalue weighted by Crippen LogP contribution is 2.32. The van der Waals surface area contributed by atoms with Gasteiger partial charge in [0.05, 0.1) is 25.9 Å². The minimum atomic E-state index is -0.566. The van der Waals surface area contributed by atoms with Crippen molar-refractivity contribution in [2.45, 2.75) is 25.9 Å². The number of carbonyl (C=O) groups is 1. The highest BCUT2D eigenvalue weighted by molar-refractivity contribution is 6.08. The van der Waals surface area contributed by atoms with Crippen molar-refractivity contribution in [3.05, 3.63) is 64.6 Å². The third-order valence-corrected chi connectivity index (χ3v) is 5.74. The quantitative estimate of drug-likeness (QED) is 0.483. The topological polar surface area (TPSA) is 87.4 Å². The Balaban J connectivity index is 1.75. The van der Waals surface area contributed by atoms with Gasteiger partial charge in [-0.3, -0.25) is 9.59 Å². The van der Waals surface area contributed by atoms with E-state index in [-0.39, 0.29) is 18.0 Å². The zero-order valence-electron chi connectivity index (χ0n) is 18.6. The second kappa shape index (κ2) is 8.74. The lowest BCUT2D eigenvalue weighted by atomic mass is 10.1. The number of hydrogen-bond donors (Lipinski definition) is 1. The Morgan fingerprint density at radius 3 is 2.59 bits per heavy atom. The number of fused-ring (bicyclic) bond motifs is 3. The molecule has 0 saturated heterocycles. The molecule has 8 heteroatoms. The second-order valence-electron chi connectivity index (χ2n) is 7.52. The predicted molar refractivity (Wildman–Crippen MR) is 123 cm³/mol. The average molecular weight is 434 g/mol. The Hall–Kier alpha value is -3.81. The number of hydrogen-bond acceptors (Lipinski definition) is 5. The summed E-state index contributed by atoms with van der Waals surface area (Å²) in [6, 6.07) is 12.7. The van der Waals surface area contributed by atoms with E-state index in [1.165, 1.54) is 4.68 Å². The zero-order chi connectivity index (χ0) is 22.8. The molecule has 0 aliphatic carbocycles. The van der Waals surface area contributed by atoms with Crippen molar-refractivity contribution in [2.75, 3.05) is 14.2 Å². The van der Waals surface area contributed by atoms with Crippen molar-refractivity contribution >= 4 is 27.7 Å².